The maximum Gasteiger partial charge on any atom is 0.331 e. The molecule has 7 nitrogen and oxygen atoms in total. The second-order valence-electron chi connectivity index (χ2n) is 4.32. The van der Waals surface area contributed by atoms with Crippen LogP contribution in [0.15, 0.2) is 15.9 Å². The Balaban J connectivity index is 2.88. The first kappa shape index (κ1) is 11.6. The van der Waals surface area contributed by atoms with E-state index >= 15 is 0 Å². The van der Waals surface area contributed by atoms with Crippen molar-refractivity contribution in [2.75, 3.05) is 14.1 Å². The number of fused-ring (bicyclic) bond motifs is 1. The number of aryl methyl sites for hydroxylation is 2. The van der Waals surface area contributed by atoms with Gasteiger partial charge in [-0.05, 0) is 14.1 Å². The van der Waals surface area contributed by atoms with Crippen molar-refractivity contribution in [3.63, 3.8) is 0 Å². The van der Waals surface area contributed by atoms with Gasteiger partial charge < -0.3 is 4.57 Å². The Morgan fingerprint density at radius 1 is 1.29 bits per heavy atom. The maximum atomic E-state index is 12.0. The van der Waals surface area contributed by atoms with Crippen molar-refractivity contribution >= 4 is 11.2 Å². The van der Waals surface area contributed by atoms with Crippen molar-refractivity contribution in [2.45, 2.75) is 6.67 Å². The number of nitrogens with zero attached hydrogens (tertiary/aromatic N) is 5. The number of rotatable bonds is 2. The highest BCUT2D eigenvalue weighted by atomic mass is 16.2. The Kier molecular flexibility index (Phi) is 2.62. The maximum absolute atomic E-state index is 12.0. The molecule has 0 saturated heterocycles. The van der Waals surface area contributed by atoms with Crippen LogP contribution < -0.4 is 11.2 Å². The lowest BCUT2D eigenvalue weighted by Gasteiger charge is -2.09. The quantitative estimate of drug-likeness (QED) is 0.668. The third-order valence-corrected chi connectivity index (χ3v) is 2.62. The summed E-state index contributed by atoms with van der Waals surface area (Å²) in [7, 11) is 6.90. The van der Waals surface area contributed by atoms with Crippen molar-refractivity contribution in [3.05, 3.63) is 27.2 Å². The van der Waals surface area contributed by atoms with Crippen LogP contribution in [0.25, 0.3) is 11.2 Å². The lowest BCUT2D eigenvalue weighted by Crippen LogP contribution is -2.28. The largest absolute Gasteiger partial charge is 0.331 e. The van der Waals surface area contributed by atoms with E-state index in [1.165, 1.54) is 20.0 Å². The first-order valence-corrected chi connectivity index (χ1v) is 5.19. The summed E-state index contributed by atoms with van der Waals surface area (Å²) >= 11 is 0. The summed E-state index contributed by atoms with van der Waals surface area (Å²) in [5, 5.41) is 0. The fourth-order valence-corrected chi connectivity index (χ4v) is 1.79. The van der Waals surface area contributed by atoms with E-state index < -0.39 is 0 Å². The van der Waals surface area contributed by atoms with Gasteiger partial charge in [0.05, 0.1) is 13.0 Å². The highest BCUT2D eigenvalue weighted by molar-refractivity contribution is 5.69. The molecule has 0 radical (unpaired) electrons. The van der Waals surface area contributed by atoms with Gasteiger partial charge in [-0.3, -0.25) is 18.8 Å². The fraction of sp³-hybridized carbons (Fsp3) is 0.500. The molecule has 0 fully saturated rings. The normalized spacial score (nSPS) is 11.6. The lowest BCUT2D eigenvalue weighted by molar-refractivity contribution is 0.324. The van der Waals surface area contributed by atoms with Gasteiger partial charge in [0.15, 0.2) is 11.2 Å². The van der Waals surface area contributed by atoms with Crippen LogP contribution in [-0.4, -0.2) is 37.7 Å². The highest BCUT2D eigenvalue weighted by Gasteiger charge is 2.15. The molecular formula is C10H15N5O2. The predicted molar refractivity (Wildman–Crippen MR) is 63.9 cm³/mol. The minimum absolute atomic E-state index is 0.216. The zero-order valence-corrected chi connectivity index (χ0v) is 10.3. The van der Waals surface area contributed by atoms with E-state index in [2.05, 4.69) is 4.98 Å². The second-order valence-corrected chi connectivity index (χ2v) is 4.32. The minimum Gasteiger partial charge on any atom is -0.300 e. The van der Waals surface area contributed by atoms with Crippen molar-refractivity contribution in [3.8, 4) is 0 Å². The van der Waals surface area contributed by atoms with E-state index in [1.54, 1.807) is 14.1 Å². The Hall–Kier alpha value is -1.89. The van der Waals surface area contributed by atoms with E-state index in [0.29, 0.717) is 17.8 Å². The van der Waals surface area contributed by atoms with Gasteiger partial charge in [-0.1, -0.05) is 0 Å². The van der Waals surface area contributed by atoms with Crippen LogP contribution in [0.3, 0.4) is 0 Å². The molecule has 2 aromatic rings. The van der Waals surface area contributed by atoms with E-state index in [0.717, 1.165) is 0 Å². The Bertz CT molecular complexity index is 676. The molecule has 0 N–H and O–H groups in total. The van der Waals surface area contributed by atoms with Gasteiger partial charge in [-0.15, -0.1) is 0 Å². The van der Waals surface area contributed by atoms with Crippen LogP contribution in [0.1, 0.15) is 0 Å². The number of aromatic nitrogens is 4. The Morgan fingerprint density at radius 3 is 2.53 bits per heavy atom. The van der Waals surface area contributed by atoms with Gasteiger partial charge >= 0.3 is 5.69 Å². The van der Waals surface area contributed by atoms with E-state index in [9.17, 15) is 9.59 Å². The number of hydrogen-bond acceptors (Lipinski definition) is 4. The summed E-state index contributed by atoms with van der Waals surface area (Å²) in [6, 6.07) is 0. The monoisotopic (exact) mass is 237 g/mol. The summed E-state index contributed by atoms with van der Waals surface area (Å²) in [6.45, 7) is 0.399. The van der Waals surface area contributed by atoms with Crippen molar-refractivity contribution in [2.24, 2.45) is 14.1 Å². The first-order valence-electron chi connectivity index (χ1n) is 5.19. The average molecular weight is 237 g/mol. The van der Waals surface area contributed by atoms with Crippen LogP contribution in [0.2, 0.25) is 0 Å². The van der Waals surface area contributed by atoms with Crippen LogP contribution in [0.4, 0.5) is 0 Å². The molecule has 7 heteroatoms. The minimum atomic E-state index is -0.232. The molecule has 2 rings (SSSR count). The van der Waals surface area contributed by atoms with Gasteiger partial charge in [-0.2, -0.15) is 0 Å². The highest BCUT2D eigenvalue weighted by Crippen LogP contribution is 2.03. The van der Waals surface area contributed by atoms with Gasteiger partial charge in [0.25, 0.3) is 5.56 Å². The summed E-state index contributed by atoms with van der Waals surface area (Å²) in [6.07, 6.45) is 1.43. The molecule has 0 unspecified atom stereocenters. The number of imidazole rings is 1. The molecule has 0 aliphatic heterocycles. The van der Waals surface area contributed by atoms with Crippen molar-refractivity contribution in [1.29, 1.82) is 0 Å². The molecular weight excluding hydrogens is 222 g/mol. The molecule has 0 amide bonds. The summed E-state index contributed by atoms with van der Waals surface area (Å²) in [4.78, 5) is 29.9. The van der Waals surface area contributed by atoms with Crippen LogP contribution in [0, 0.1) is 0 Å². The van der Waals surface area contributed by atoms with Gasteiger partial charge in [0.1, 0.15) is 0 Å². The third kappa shape index (κ3) is 1.68. The molecule has 92 valence electrons. The van der Waals surface area contributed by atoms with Crippen LogP contribution in [-0.2, 0) is 20.8 Å². The zero-order valence-electron chi connectivity index (χ0n) is 10.3. The molecule has 2 aromatic heterocycles. The molecule has 0 aliphatic carbocycles. The van der Waals surface area contributed by atoms with Gasteiger partial charge in [-0.25, -0.2) is 9.78 Å². The zero-order chi connectivity index (χ0) is 12.7. The molecule has 2 heterocycles. The molecule has 0 saturated carbocycles. The smallest absolute Gasteiger partial charge is 0.300 e. The number of hydrogen-bond donors (Lipinski definition) is 0. The molecule has 0 aromatic carbocycles. The van der Waals surface area contributed by atoms with E-state index in [-0.39, 0.29) is 11.2 Å². The molecule has 0 atom stereocenters. The summed E-state index contributed by atoms with van der Waals surface area (Å²) in [5.41, 5.74) is 0.313. The molecule has 0 bridgehead atoms. The summed E-state index contributed by atoms with van der Waals surface area (Å²) < 4.78 is 4.19. The molecule has 17 heavy (non-hydrogen) atoms. The third-order valence-electron chi connectivity index (χ3n) is 2.62. The second kappa shape index (κ2) is 3.85. The van der Waals surface area contributed by atoms with Crippen molar-refractivity contribution < 1.29 is 0 Å². The Morgan fingerprint density at radius 2 is 1.94 bits per heavy atom. The molecule has 0 aliphatic rings. The molecule has 0 spiro atoms. The Labute approximate surface area is 97.5 Å². The lowest BCUT2D eigenvalue weighted by atomic mass is 10.5. The van der Waals surface area contributed by atoms with Crippen LogP contribution >= 0.6 is 0 Å². The fourth-order valence-electron chi connectivity index (χ4n) is 1.79. The predicted octanol–water partition coefficient (Wildman–Crippen LogP) is -1.05. The first-order chi connectivity index (χ1) is 7.93. The SMILES string of the molecule is CN(C)Cn1c(=O)n(C)c2c(=O)n(C)cnc21. The van der Waals surface area contributed by atoms with E-state index in [4.69, 9.17) is 0 Å². The van der Waals surface area contributed by atoms with Crippen LogP contribution in [0.5, 0.6) is 0 Å². The average Bonchev–Trinajstić information content (AvgIpc) is 2.49. The van der Waals surface area contributed by atoms with Gasteiger partial charge in [0, 0.05) is 14.1 Å². The topological polar surface area (TPSA) is 65.1 Å². The van der Waals surface area contributed by atoms with Gasteiger partial charge in [0.2, 0.25) is 0 Å². The summed E-state index contributed by atoms with van der Waals surface area (Å²) in [5.74, 6) is 0. The van der Waals surface area contributed by atoms with Crippen molar-refractivity contribution in [1.82, 2.24) is 23.6 Å². The standard InChI is InChI=1S/C10H15N5O2/c1-12(2)6-15-8-7(14(4)10(15)17)9(16)13(3)5-11-8/h5H,6H2,1-4H3. The van der Waals surface area contributed by atoms with E-state index in [1.807, 2.05) is 19.0 Å².